The molecule has 20 heavy (non-hydrogen) atoms. The second-order valence-electron chi connectivity index (χ2n) is 4.53. The molecule has 0 radical (unpaired) electrons. The number of carbonyl (C=O) groups excluding carboxylic acids is 1. The van der Waals surface area contributed by atoms with Gasteiger partial charge in [0.15, 0.2) is 5.78 Å². The largest absolute Gasteiger partial charge is 0.481 e. The van der Waals surface area contributed by atoms with Gasteiger partial charge in [0.05, 0.1) is 13.0 Å². The molecule has 0 bridgehead atoms. The summed E-state index contributed by atoms with van der Waals surface area (Å²) in [7, 11) is 1.56. The number of nitrogens with zero attached hydrogens (tertiary/aromatic N) is 3. The molecule has 6 heteroatoms. The number of hydrogen-bond donors (Lipinski definition) is 0. The minimum absolute atomic E-state index is 0.0394. The predicted octanol–water partition coefficient (Wildman–Crippen LogP) is 2.62. The van der Waals surface area contributed by atoms with Crippen LogP contribution in [0.2, 0.25) is 0 Å². The molecule has 0 aliphatic rings. The molecule has 0 aliphatic heterocycles. The number of alkyl halides is 1. The fourth-order valence-electron chi connectivity index (χ4n) is 2.15. The van der Waals surface area contributed by atoms with E-state index in [1.807, 2.05) is 25.3 Å². The lowest BCUT2D eigenvalue weighted by Crippen LogP contribution is -2.08. The van der Waals surface area contributed by atoms with E-state index >= 15 is 0 Å². The number of aryl methyl sites for hydroxylation is 2. The quantitative estimate of drug-likeness (QED) is 0.642. The van der Waals surface area contributed by atoms with Crippen molar-refractivity contribution in [3.63, 3.8) is 0 Å². The lowest BCUT2D eigenvalue weighted by atomic mass is 10.2. The van der Waals surface area contributed by atoms with Gasteiger partial charge in [-0.05, 0) is 26.8 Å². The number of methoxy groups -OCH3 is 1. The molecule has 2 rings (SSSR count). The third-order valence-corrected chi connectivity index (χ3v) is 3.32. The Morgan fingerprint density at radius 3 is 2.60 bits per heavy atom. The summed E-state index contributed by atoms with van der Waals surface area (Å²) in [6.07, 6.45) is 0. The first-order valence-electron chi connectivity index (χ1n) is 6.16. The van der Waals surface area contributed by atoms with Gasteiger partial charge < -0.3 is 4.74 Å². The highest BCUT2D eigenvalue weighted by molar-refractivity contribution is 6.30. The third-order valence-electron chi connectivity index (χ3n) is 3.08. The van der Waals surface area contributed by atoms with Crippen LogP contribution in [-0.4, -0.2) is 33.3 Å². The summed E-state index contributed by atoms with van der Waals surface area (Å²) in [4.78, 5) is 20.5. The van der Waals surface area contributed by atoms with Crippen LogP contribution in [0, 0.1) is 20.8 Å². The van der Waals surface area contributed by atoms with Crippen molar-refractivity contribution in [2.75, 3.05) is 13.0 Å². The summed E-state index contributed by atoms with van der Waals surface area (Å²) in [5, 5.41) is 0. The molecule has 5 nitrogen and oxygen atoms in total. The maximum Gasteiger partial charge on any atom is 0.237 e. The van der Waals surface area contributed by atoms with Crippen LogP contribution in [0.3, 0.4) is 0 Å². The van der Waals surface area contributed by atoms with Gasteiger partial charge in [-0.2, -0.15) is 4.98 Å². The van der Waals surface area contributed by atoms with E-state index in [1.165, 1.54) is 0 Å². The monoisotopic (exact) mass is 293 g/mol. The average molecular weight is 294 g/mol. The van der Waals surface area contributed by atoms with Crippen molar-refractivity contribution in [3.8, 4) is 11.8 Å². The Hall–Kier alpha value is -1.88. The summed E-state index contributed by atoms with van der Waals surface area (Å²) in [5.74, 6) is 0.837. The Labute approximate surface area is 122 Å². The van der Waals surface area contributed by atoms with E-state index in [1.54, 1.807) is 19.2 Å². The molecule has 0 aromatic carbocycles. The standard InChI is InChI=1S/C14H16ClN3O2/c1-8-5-13(20-4)17-14(16-8)18-9(2)6-11(10(18)3)12(19)7-15/h5-6H,7H2,1-4H3. The second-order valence-corrected chi connectivity index (χ2v) is 4.80. The average Bonchev–Trinajstić information content (AvgIpc) is 2.72. The summed E-state index contributed by atoms with van der Waals surface area (Å²) in [5.41, 5.74) is 3.05. The molecule has 2 aromatic rings. The molecular weight excluding hydrogens is 278 g/mol. The van der Waals surface area contributed by atoms with E-state index in [0.29, 0.717) is 17.4 Å². The molecule has 0 amide bonds. The van der Waals surface area contributed by atoms with E-state index in [-0.39, 0.29) is 11.7 Å². The van der Waals surface area contributed by atoms with Crippen LogP contribution in [0.15, 0.2) is 12.1 Å². The lowest BCUT2D eigenvalue weighted by molar-refractivity contribution is 0.102. The van der Waals surface area contributed by atoms with E-state index < -0.39 is 0 Å². The molecule has 0 saturated carbocycles. The molecule has 2 aromatic heterocycles. The van der Waals surface area contributed by atoms with Crippen LogP contribution in [0.5, 0.6) is 5.88 Å². The molecule has 2 heterocycles. The fourth-order valence-corrected chi connectivity index (χ4v) is 2.30. The summed E-state index contributed by atoms with van der Waals surface area (Å²) < 4.78 is 6.99. The van der Waals surface area contributed by atoms with Crippen molar-refractivity contribution in [2.45, 2.75) is 20.8 Å². The first-order chi connectivity index (χ1) is 9.47. The van der Waals surface area contributed by atoms with Crippen LogP contribution < -0.4 is 4.74 Å². The Morgan fingerprint density at radius 2 is 2.00 bits per heavy atom. The minimum atomic E-state index is -0.106. The van der Waals surface area contributed by atoms with Crippen molar-refractivity contribution in [1.82, 2.24) is 14.5 Å². The van der Waals surface area contributed by atoms with E-state index in [4.69, 9.17) is 16.3 Å². The fraction of sp³-hybridized carbons (Fsp3) is 0.357. The van der Waals surface area contributed by atoms with Crippen molar-refractivity contribution in [1.29, 1.82) is 0 Å². The Morgan fingerprint density at radius 1 is 1.30 bits per heavy atom. The first-order valence-corrected chi connectivity index (χ1v) is 6.69. The second kappa shape index (κ2) is 5.63. The number of halogens is 1. The number of rotatable bonds is 4. The highest BCUT2D eigenvalue weighted by atomic mass is 35.5. The zero-order valence-corrected chi connectivity index (χ0v) is 12.7. The molecule has 0 N–H and O–H groups in total. The van der Waals surface area contributed by atoms with Gasteiger partial charge in [-0.1, -0.05) is 0 Å². The lowest BCUT2D eigenvalue weighted by Gasteiger charge is -2.10. The highest BCUT2D eigenvalue weighted by Gasteiger charge is 2.17. The zero-order chi connectivity index (χ0) is 14.9. The normalized spacial score (nSPS) is 10.7. The van der Waals surface area contributed by atoms with Gasteiger partial charge in [0.25, 0.3) is 0 Å². The number of aromatic nitrogens is 3. The van der Waals surface area contributed by atoms with E-state index in [0.717, 1.165) is 17.1 Å². The number of hydrogen-bond acceptors (Lipinski definition) is 4. The Kier molecular flexibility index (Phi) is 4.09. The van der Waals surface area contributed by atoms with Crippen LogP contribution >= 0.6 is 11.6 Å². The van der Waals surface area contributed by atoms with Crippen molar-refractivity contribution in [3.05, 3.63) is 34.8 Å². The highest BCUT2D eigenvalue weighted by Crippen LogP contribution is 2.21. The van der Waals surface area contributed by atoms with Gasteiger partial charge in [0.2, 0.25) is 11.8 Å². The maximum atomic E-state index is 11.8. The first kappa shape index (κ1) is 14.5. The van der Waals surface area contributed by atoms with Crippen LogP contribution in [0.4, 0.5) is 0 Å². The number of Topliss-reactive ketones (excluding diaryl/α,β-unsaturated/α-hetero) is 1. The third kappa shape index (κ3) is 2.54. The smallest absolute Gasteiger partial charge is 0.237 e. The van der Waals surface area contributed by atoms with Crippen molar-refractivity contribution in [2.24, 2.45) is 0 Å². The van der Waals surface area contributed by atoms with Gasteiger partial charge in [-0.3, -0.25) is 9.36 Å². The minimum Gasteiger partial charge on any atom is -0.481 e. The van der Waals surface area contributed by atoms with Gasteiger partial charge in [-0.25, -0.2) is 4.98 Å². The van der Waals surface area contributed by atoms with Gasteiger partial charge in [0.1, 0.15) is 0 Å². The molecule has 0 fully saturated rings. The van der Waals surface area contributed by atoms with Gasteiger partial charge in [-0.15, -0.1) is 11.6 Å². The van der Waals surface area contributed by atoms with Crippen molar-refractivity contribution >= 4 is 17.4 Å². The summed E-state index contributed by atoms with van der Waals surface area (Å²) in [6.45, 7) is 5.62. The van der Waals surface area contributed by atoms with Crippen LogP contribution in [0.25, 0.3) is 5.95 Å². The molecule has 0 atom stereocenters. The zero-order valence-electron chi connectivity index (χ0n) is 11.9. The molecule has 106 valence electrons. The molecule has 0 aliphatic carbocycles. The van der Waals surface area contributed by atoms with Crippen LogP contribution in [-0.2, 0) is 0 Å². The summed E-state index contributed by atoms with van der Waals surface area (Å²) >= 11 is 5.63. The molecule has 0 spiro atoms. The SMILES string of the molecule is COc1cc(C)nc(-n2c(C)cc(C(=O)CCl)c2C)n1. The molecule has 0 unspecified atom stereocenters. The van der Waals surface area contributed by atoms with Crippen LogP contribution in [0.1, 0.15) is 27.4 Å². The molecular formula is C14H16ClN3O2. The Balaban J connectivity index is 2.61. The Bertz CT molecular complexity index is 665. The molecule has 0 saturated heterocycles. The van der Waals surface area contributed by atoms with E-state index in [2.05, 4.69) is 9.97 Å². The predicted molar refractivity (Wildman–Crippen MR) is 77.2 cm³/mol. The van der Waals surface area contributed by atoms with Crippen molar-refractivity contribution < 1.29 is 9.53 Å². The van der Waals surface area contributed by atoms with Gasteiger partial charge in [0, 0.05) is 28.7 Å². The topological polar surface area (TPSA) is 57.0 Å². The number of ketones is 1. The maximum absolute atomic E-state index is 11.8. The van der Waals surface area contributed by atoms with E-state index in [9.17, 15) is 4.79 Å². The van der Waals surface area contributed by atoms with Gasteiger partial charge >= 0.3 is 0 Å². The number of carbonyl (C=O) groups is 1. The number of ether oxygens (including phenoxy) is 1. The summed E-state index contributed by atoms with van der Waals surface area (Å²) in [6, 6.07) is 3.56.